The Kier molecular flexibility index (Phi) is 6.79. The van der Waals surface area contributed by atoms with Crippen LogP contribution in [0.2, 0.25) is 0 Å². The third-order valence-corrected chi connectivity index (χ3v) is 6.53. The van der Waals surface area contributed by atoms with Gasteiger partial charge in [-0.1, -0.05) is 12.8 Å². The fourth-order valence-corrected chi connectivity index (χ4v) is 4.82. The molecule has 1 heterocycles. The maximum absolute atomic E-state index is 14.3. The first kappa shape index (κ1) is 22.0. The van der Waals surface area contributed by atoms with Gasteiger partial charge in [-0.25, -0.2) is 8.78 Å². The third-order valence-electron chi connectivity index (χ3n) is 6.53. The number of nitrogens with zero attached hydrogens (tertiary/aromatic N) is 1. The lowest BCUT2D eigenvalue weighted by atomic mass is 9.84. The van der Waals surface area contributed by atoms with Crippen LogP contribution in [0, 0.1) is 23.5 Å². The lowest BCUT2D eigenvalue weighted by Crippen LogP contribution is -2.51. The van der Waals surface area contributed by atoms with Crippen molar-refractivity contribution in [3.8, 4) is 0 Å². The van der Waals surface area contributed by atoms with Crippen LogP contribution < -0.4 is 11.1 Å². The lowest BCUT2D eigenvalue weighted by Gasteiger charge is -2.33. The molecule has 2 amide bonds. The maximum Gasteiger partial charge on any atom is 0.257 e. The zero-order valence-corrected chi connectivity index (χ0v) is 17.1. The Morgan fingerprint density at radius 2 is 1.90 bits per heavy atom. The molecule has 1 saturated heterocycles. The highest BCUT2D eigenvalue weighted by atomic mass is 35.5. The number of carbonyl (C=O) groups is 2. The van der Waals surface area contributed by atoms with Crippen LogP contribution in [0.25, 0.3) is 0 Å². The summed E-state index contributed by atoms with van der Waals surface area (Å²) in [5.74, 6) is -1.65. The summed E-state index contributed by atoms with van der Waals surface area (Å²) in [6.07, 6.45) is 6.62. The molecule has 29 heavy (non-hydrogen) atoms. The molecule has 1 aromatic rings. The van der Waals surface area contributed by atoms with Gasteiger partial charge < -0.3 is 16.0 Å². The lowest BCUT2D eigenvalue weighted by molar-refractivity contribution is -0.125. The zero-order chi connectivity index (χ0) is 19.8. The summed E-state index contributed by atoms with van der Waals surface area (Å²) in [7, 11) is 0. The van der Waals surface area contributed by atoms with Crippen molar-refractivity contribution >= 4 is 24.2 Å². The predicted molar refractivity (Wildman–Crippen MR) is 108 cm³/mol. The minimum Gasteiger partial charge on any atom is -0.353 e. The Morgan fingerprint density at radius 3 is 2.59 bits per heavy atom. The van der Waals surface area contributed by atoms with Gasteiger partial charge in [0.1, 0.15) is 17.7 Å². The van der Waals surface area contributed by atoms with Gasteiger partial charge in [0.15, 0.2) is 0 Å². The van der Waals surface area contributed by atoms with Crippen molar-refractivity contribution in [2.75, 3.05) is 6.54 Å². The molecule has 1 aromatic carbocycles. The van der Waals surface area contributed by atoms with Crippen molar-refractivity contribution in [2.24, 2.45) is 17.6 Å². The van der Waals surface area contributed by atoms with E-state index in [4.69, 9.17) is 5.73 Å². The van der Waals surface area contributed by atoms with Gasteiger partial charge in [-0.2, -0.15) is 0 Å². The maximum atomic E-state index is 14.3. The van der Waals surface area contributed by atoms with Crippen molar-refractivity contribution < 1.29 is 18.4 Å². The van der Waals surface area contributed by atoms with Crippen LogP contribution in [0.3, 0.4) is 0 Å². The Labute approximate surface area is 175 Å². The van der Waals surface area contributed by atoms with Crippen molar-refractivity contribution in [3.63, 3.8) is 0 Å². The molecule has 5 nitrogen and oxygen atoms in total. The monoisotopic (exact) mass is 427 g/mol. The number of rotatable bonds is 5. The quantitative estimate of drug-likeness (QED) is 0.758. The Hall–Kier alpha value is -1.73. The van der Waals surface area contributed by atoms with Crippen molar-refractivity contribution in [2.45, 2.75) is 63.1 Å². The number of hydrogen-bond donors (Lipinski definition) is 2. The van der Waals surface area contributed by atoms with Gasteiger partial charge in [0.2, 0.25) is 5.91 Å². The number of nitrogens with one attached hydrogen (secondary N) is 1. The van der Waals surface area contributed by atoms with Gasteiger partial charge in [-0.15, -0.1) is 12.4 Å². The fourth-order valence-electron chi connectivity index (χ4n) is 4.82. The van der Waals surface area contributed by atoms with Crippen molar-refractivity contribution in [1.29, 1.82) is 0 Å². The Bertz CT molecular complexity index is 774. The van der Waals surface area contributed by atoms with Crippen LogP contribution in [0.5, 0.6) is 0 Å². The van der Waals surface area contributed by atoms with Gasteiger partial charge >= 0.3 is 0 Å². The molecule has 2 aliphatic carbocycles. The molecule has 4 unspecified atom stereocenters. The SMILES string of the molecule is Cl.NC(CNC(=O)C1CC2CCCCC2N1C(=O)c1ccc(F)cc1F)C1CC1. The number of hydrogen-bond acceptors (Lipinski definition) is 3. The number of benzene rings is 1. The van der Waals surface area contributed by atoms with Gasteiger partial charge in [0.05, 0.1) is 5.56 Å². The number of carbonyl (C=O) groups excluding carboxylic acids is 2. The second-order valence-electron chi connectivity index (χ2n) is 8.45. The van der Waals surface area contributed by atoms with E-state index >= 15 is 0 Å². The van der Waals surface area contributed by atoms with Crippen molar-refractivity contribution in [1.82, 2.24) is 10.2 Å². The van der Waals surface area contributed by atoms with Crippen LogP contribution in [-0.4, -0.2) is 41.4 Å². The van der Waals surface area contributed by atoms with E-state index in [2.05, 4.69) is 5.32 Å². The molecule has 0 spiro atoms. The van der Waals surface area contributed by atoms with Gasteiger partial charge in [0, 0.05) is 24.7 Å². The molecule has 4 rings (SSSR count). The molecule has 0 radical (unpaired) electrons. The first-order valence-corrected chi connectivity index (χ1v) is 10.3. The molecule has 0 bridgehead atoms. The normalized spacial score (nSPS) is 27.0. The number of nitrogens with two attached hydrogens (primary N) is 1. The third kappa shape index (κ3) is 4.56. The van der Waals surface area contributed by atoms with Crippen LogP contribution in [-0.2, 0) is 4.79 Å². The standard InChI is InChI=1S/C21H27F2N3O2.ClH/c22-14-7-8-15(16(23)10-14)21(28)26-18-4-2-1-3-13(18)9-19(26)20(27)25-11-17(24)12-5-6-12;/h7-8,10,12-13,17-19H,1-6,9,11,24H2,(H,25,27);1H. The van der Waals surface area contributed by atoms with Gasteiger partial charge in [-0.05, 0) is 56.1 Å². The van der Waals surface area contributed by atoms with Crippen LogP contribution in [0.4, 0.5) is 8.78 Å². The summed E-state index contributed by atoms with van der Waals surface area (Å²) in [5, 5.41) is 2.90. The molecule has 2 saturated carbocycles. The molecule has 3 aliphatic rings. The number of halogens is 3. The highest BCUT2D eigenvalue weighted by molar-refractivity contribution is 5.98. The summed E-state index contributed by atoms with van der Waals surface area (Å²) in [5.41, 5.74) is 5.90. The number of likely N-dealkylation sites (tertiary alicyclic amines) is 1. The van der Waals surface area contributed by atoms with E-state index in [9.17, 15) is 18.4 Å². The average Bonchev–Trinajstić information content (AvgIpc) is 3.45. The van der Waals surface area contributed by atoms with E-state index in [-0.39, 0.29) is 41.9 Å². The summed E-state index contributed by atoms with van der Waals surface area (Å²) in [4.78, 5) is 27.6. The Balaban J connectivity index is 0.00000240. The molecule has 160 valence electrons. The van der Waals surface area contributed by atoms with Gasteiger partial charge in [-0.3, -0.25) is 9.59 Å². The topological polar surface area (TPSA) is 75.4 Å². The summed E-state index contributed by atoms with van der Waals surface area (Å²) in [6.45, 7) is 0.391. The molecule has 3 N–H and O–H groups in total. The first-order valence-electron chi connectivity index (χ1n) is 10.3. The minimum atomic E-state index is -0.890. The zero-order valence-electron chi connectivity index (χ0n) is 16.3. The van der Waals surface area contributed by atoms with Crippen LogP contribution >= 0.6 is 12.4 Å². The average molecular weight is 428 g/mol. The highest BCUT2D eigenvalue weighted by Crippen LogP contribution is 2.41. The molecule has 8 heteroatoms. The second-order valence-corrected chi connectivity index (χ2v) is 8.45. The molecule has 3 fully saturated rings. The Morgan fingerprint density at radius 1 is 1.17 bits per heavy atom. The number of amides is 2. The van der Waals surface area contributed by atoms with Gasteiger partial charge in [0.25, 0.3) is 5.91 Å². The van der Waals surface area contributed by atoms with E-state index in [1.54, 1.807) is 4.90 Å². The molecular weight excluding hydrogens is 400 g/mol. The number of fused-ring (bicyclic) bond motifs is 1. The van der Waals surface area contributed by atoms with E-state index < -0.39 is 23.6 Å². The van der Waals surface area contributed by atoms with E-state index in [1.165, 1.54) is 6.07 Å². The molecule has 1 aliphatic heterocycles. The second kappa shape index (κ2) is 8.96. The first-order chi connectivity index (χ1) is 13.5. The largest absolute Gasteiger partial charge is 0.353 e. The smallest absolute Gasteiger partial charge is 0.257 e. The highest BCUT2D eigenvalue weighted by Gasteiger charge is 2.48. The fraction of sp³-hybridized carbons (Fsp3) is 0.619. The van der Waals surface area contributed by atoms with Crippen molar-refractivity contribution in [3.05, 3.63) is 35.4 Å². The minimum absolute atomic E-state index is 0. The summed E-state index contributed by atoms with van der Waals surface area (Å²) in [6, 6.07) is 2.20. The summed E-state index contributed by atoms with van der Waals surface area (Å²) >= 11 is 0. The molecule has 4 atom stereocenters. The summed E-state index contributed by atoms with van der Waals surface area (Å²) < 4.78 is 27.5. The van der Waals surface area contributed by atoms with E-state index in [0.29, 0.717) is 24.9 Å². The van der Waals surface area contributed by atoms with E-state index in [0.717, 1.165) is 44.6 Å². The molecular formula is C21H28ClF2N3O2. The van der Waals surface area contributed by atoms with Crippen LogP contribution in [0.1, 0.15) is 55.3 Å². The predicted octanol–water partition coefficient (Wildman–Crippen LogP) is 3.01. The molecule has 0 aromatic heterocycles. The van der Waals surface area contributed by atoms with Crippen LogP contribution in [0.15, 0.2) is 18.2 Å². The van der Waals surface area contributed by atoms with E-state index in [1.807, 2.05) is 0 Å².